The van der Waals surface area contributed by atoms with Crippen LogP contribution in [0.25, 0.3) is 0 Å². The first-order valence-electron chi connectivity index (χ1n) is 4.47. The molecule has 2 N–H and O–H groups in total. The number of hydrogen-bond donors (Lipinski definition) is 2. The number of carboxylic acids is 1. The first-order chi connectivity index (χ1) is 6.68. The van der Waals surface area contributed by atoms with E-state index in [9.17, 15) is 4.79 Å². The first kappa shape index (κ1) is 8.82. The second kappa shape index (κ2) is 2.88. The number of nitrogens with zero attached hydrogens (tertiary/aromatic N) is 1. The van der Waals surface area contributed by atoms with Crippen LogP contribution in [-0.2, 0) is 4.79 Å². The van der Waals surface area contributed by atoms with Crippen molar-refractivity contribution >= 4 is 5.97 Å². The fraction of sp³-hybridized carbons (Fsp3) is 0.400. The molecule has 1 atom stereocenters. The molecule has 0 aromatic heterocycles. The Morgan fingerprint density at radius 1 is 1.71 bits per heavy atom. The highest BCUT2D eigenvalue weighted by molar-refractivity contribution is 5.90. The van der Waals surface area contributed by atoms with Gasteiger partial charge in [-0.1, -0.05) is 0 Å². The SMILES string of the molecule is N#CC1(C2C=C(C(=O)O)C=CN2)CC1. The van der Waals surface area contributed by atoms with Gasteiger partial charge >= 0.3 is 5.97 Å². The largest absolute Gasteiger partial charge is 0.478 e. The molecule has 0 amide bonds. The number of nitriles is 1. The second-order valence-corrected chi connectivity index (χ2v) is 3.67. The lowest BCUT2D eigenvalue weighted by Crippen LogP contribution is -2.34. The number of nitrogens with one attached hydrogen (secondary N) is 1. The van der Waals surface area contributed by atoms with Crippen molar-refractivity contribution < 1.29 is 9.90 Å². The summed E-state index contributed by atoms with van der Waals surface area (Å²) in [6, 6.07) is 2.10. The lowest BCUT2D eigenvalue weighted by molar-refractivity contribution is -0.132. The molecule has 0 aromatic rings. The van der Waals surface area contributed by atoms with E-state index < -0.39 is 5.97 Å². The van der Waals surface area contributed by atoms with Crippen molar-refractivity contribution in [3.8, 4) is 6.07 Å². The predicted octanol–water partition coefficient (Wildman–Crippen LogP) is 0.787. The monoisotopic (exact) mass is 190 g/mol. The molecular formula is C10H10N2O2. The zero-order valence-electron chi connectivity index (χ0n) is 7.53. The highest BCUT2D eigenvalue weighted by atomic mass is 16.4. The molecule has 0 aromatic carbocycles. The zero-order valence-corrected chi connectivity index (χ0v) is 7.53. The Balaban J connectivity index is 2.22. The molecule has 0 bridgehead atoms. The van der Waals surface area contributed by atoms with Gasteiger partial charge in [-0.15, -0.1) is 0 Å². The van der Waals surface area contributed by atoms with Gasteiger partial charge in [-0.05, 0) is 31.2 Å². The highest BCUT2D eigenvalue weighted by Crippen LogP contribution is 2.49. The van der Waals surface area contributed by atoms with Crippen molar-refractivity contribution in [3.05, 3.63) is 23.9 Å². The quantitative estimate of drug-likeness (QED) is 0.675. The number of carbonyl (C=O) groups is 1. The average Bonchev–Trinajstić information content (AvgIpc) is 2.98. The van der Waals surface area contributed by atoms with Crippen LogP contribution in [0.3, 0.4) is 0 Å². The van der Waals surface area contributed by atoms with E-state index in [0.29, 0.717) is 0 Å². The third kappa shape index (κ3) is 1.27. The van der Waals surface area contributed by atoms with E-state index in [2.05, 4.69) is 11.4 Å². The fourth-order valence-corrected chi connectivity index (χ4v) is 1.61. The van der Waals surface area contributed by atoms with Gasteiger partial charge in [0.2, 0.25) is 0 Å². The summed E-state index contributed by atoms with van der Waals surface area (Å²) in [5, 5.41) is 20.7. The van der Waals surface area contributed by atoms with Crippen molar-refractivity contribution in [2.24, 2.45) is 5.41 Å². The molecule has 1 unspecified atom stereocenters. The van der Waals surface area contributed by atoms with Gasteiger partial charge in [0.15, 0.2) is 0 Å². The minimum Gasteiger partial charge on any atom is -0.478 e. The topological polar surface area (TPSA) is 73.1 Å². The molecular weight excluding hydrogens is 180 g/mol. The Labute approximate surface area is 81.5 Å². The molecule has 72 valence electrons. The van der Waals surface area contributed by atoms with Crippen molar-refractivity contribution in [2.45, 2.75) is 18.9 Å². The third-order valence-electron chi connectivity index (χ3n) is 2.74. The zero-order chi connectivity index (χ0) is 10.2. The molecule has 0 radical (unpaired) electrons. The van der Waals surface area contributed by atoms with Crippen molar-refractivity contribution in [1.82, 2.24) is 5.32 Å². The molecule has 1 aliphatic carbocycles. The predicted molar refractivity (Wildman–Crippen MR) is 49.1 cm³/mol. The number of carboxylic acid groups (broad SMARTS) is 1. The van der Waals surface area contributed by atoms with E-state index in [1.807, 2.05) is 0 Å². The van der Waals surface area contributed by atoms with Crippen molar-refractivity contribution in [2.75, 3.05) is 0 Å². The Hall–Kier alpha value is -1.76. The maximum absolute atomic E-state index is 10.7. The summed E-state index contributed by atoms with van der Waals surface area (Å²) >= 11 is 0. The molecule has 2 aliphatic rings. The number of hydrogen-bond acceptors (Lipinski definition) is 3. The van der Waals surface area contributed by atoms with Crippen LogP contribution in [0.2, 0.25) is 0 Å². The van der Waals surface area contributed by atoms with Crippen LogP contribution >= 0.6 is 0 Å². The third-order valence-corrected chi connectivity index (χ3v) is 2.74. The summed E-state index contributed by atoms with van der Waals surface area (Å²) in [4.78, 5) is 10.7. The Morgan fingerprint density at radius 2 is 2.43 bits per heavy atom. The van der Waals surface area contributed by atoms with E-state index >= 15 is 0 Å². The lowest BCUT2D eigenvalue weighted by Gasteiger charge is -2.21. The number of rotatable bonds is 2. The van der Waals surface area contributed by atoms with E-state index in [4.69, 9.17) is 10.4 Å². The molecule has 14 heavy (non-hydrogen) atoms. The molecule has 4 nitrogen and oxygen atoms in total. The van der Waals surface area contributed by atoms with Gasteiger partial charge in [0, 0.05) is 0 Å². The molecule has 0 saturated heterocycles. The molecule has 0 spiro atoms. The van der Waals surface area contributed by atoms with Gasteiger partial charge in [-0.3, -0.25) is 0 Å². The normalized spacial score (nSPS) is 27.1. The van der Waals surface area contributed by atoms with Gasteiger partial charge in [0.05, 0.1) is 23.1 Å². The fourth-order valence-electron chi connectivity index (χ4n) is 1.61. The second-order valence-electron chi connectivity index (χ2n) is 3.67. The first-order valence-corrected chi connectivity index (χ1v) is 4.47. The number of aliphatic carboxylic acids is 1. The minimum atomic E-state index is -0.943. The van der Waals surface area contributed by atoms with Gasteiger partial charge in [-0.25, -0.2) is 4.79 Å². The Kier molecular flexibility index (Phi) is 1.81. The molecule has 1 saturated carbocycles. The molecule has 1 fully saturated rings. The maximum atomic E-state index is 10.7. The lowest BCUT2D eigenvalue weighted by atomic mass is 9.94. The number of dihydropyridines is 1. The summed E-state index contributed by atoms with van der Waals surface area (Å²) in [5.74, 6) is -0.943. The van der Waals surface area contributed by atoms with Crippen LogP contribution in [0.4, 0.5) is 0 Å². The van der Waals surface area contributed by atoms with Gasteiger partial charge < -0.3 is 10.4 Å². The van der Waals surface area contributed by atoms with Crippen LogP contribution in [0.15, 0.2) is 23.9 Å². The van der Waals surface area contributed by atoms with Crippen molar-refractivity contribution in [1.29, 1.82) is 5.26 Å². The van der Waals surface area contributed by atoms with Crippen molar-refractivity contribution in [3.63, 3.8) is 0 Å². The molecule has 1 aliphatic heterocycles. The summed E-state index contributed by atoms with van der Waals surface area (Å²) in [6.07, 6.45) is 6.42. The molecule has 4 heteroatoms. The average molecular weight is 190 g/mol. The molecule has 2 rings (SSSR count). The van der Waals surface area contributed by atoms with Crippen LogP contribution in [0, 0.1) is 16.7 Å². The summed E-state index contributed by atoms with van der Waals surface area (Å²) in [5.41, 5.74) is -0.110. The van der Waals surface area contributed by atoms with E-state index in [0.717, 1.165) is 12.8 Å². The van der Waals surface area contributed by atoms with Crippen LogP contribution < -0.4 is 5.32 Å². The van der Waals surface area contributed by atoms with E-state index in [1.54, 1.807) is 12.3 Å². The van der Waals surface area contributed by atoms with Gasteiger partial charge in [0.25, 0.3) is 0 Å². The smallest absolute Gasteiger partial charge is 0.335 e. The highest BCUT2D eigenvalue weighted by Gasteiger charge is 2.49. The van der Waals surface area contributed by atoms with Gasteiger partial charge in [-0.2, -0.15) is 5.26 Å². The summed E-state index contributed by atoms with van der Waals surface area (Å²) < 4.78 is 0. The van der Waals surface area contributed by atoms with Crippen LogP contribution in [0.1, 0.15) is 12.8 Å². The van der Waals surface area contributed by atoms with E-state index in [-0.39, 0.29) is 17.0 Å². The Bertz CT molecular complexity index is 372. The summed E-state index contributed by atoms with van der Waals surface area (Å²) in [7, 11) is 0. The Morgan fingerprint density at radius 3 is 2.93 bits per heavy atom. The molecule has 1 heterocycles. The van der Waals surface area contributed by atoms with Crippen LogP contribution in [0.5, 0.6) is 0 Å². The summed E-state index contributed by atoms with van der Waals surface area (Å²) in [6.45, 7) is 0. The minimum absolute atomic E-state index is 0.149. The standard InChI is InChI=1S/C10H10N2O2/c11-6-10(2-3-10)8-5-7(9(13)14)1-4-12-8/h1,4-5,8,12H,2-3H2,(H,13,14). The van der Waals surface area contributed by atoms with Crippen LogP contribution in [-0.4, -0.2) is 17.1 Å². The van der Waals surface area contributed by atoms with E-state index in [1.165, 1.54) is 6.08 Å². The maximum Gasteiger partial charge on any atom is 0.335 e. The van der Waals surface area contributed by atoms with Gasteiger partial charge in [0.1, 0.15) is 0 Å².